The minimum Gasteiger partial charge on any atom is -0.506 e. The highest BCUT2D eigenvalue weighted by molar-refractivity contribution is 5.79. The molecule has 2 saturated heterocycles. The Bertz CT molecular complexity index is 625. The van der Waals surface area contributed by atoms with Gasteiger partial charge in [0.25, 0.3) is 0 Å². The standard InChI is InChI=1S/C21H31N3O2/c25-20-10-4-3-9-19(20)23-14-12-22(13-15-23)16-21(26)24-11-5-7-17-6-1-2-8-18(17)24/h3-4,9-10,17-18,25H,1-2,5-8,11-16H2/t17-,18+/m0/s1. The molecule has 0 spiro atoms. The normalized spacial score (nSPS) is 27.2. The van der Waals surface area contributed by atoms with Crippen LogP contribution in [-0.4, -0.2) is 66.1 Å². The summed E-state index contributed by atoms with van der Waals surface area (Å²) in [5, 5.41) is 10.0. The third-order valence-electron chi connectivity index (χ3n) is 6.52. The van der Waals surface area contributed by atoms with E-state index in [2.05, 4.69) is 14.7 Å². The van der Waals surface area contributed by atoms with Crippen LogP contribution in [0, 0.1) is 5.92 Å². The Morgan fingerprint density at radius 1 is 0.962 bits per heavy atom. The summed E-state index contributed by atoms with van der Waals surface area (Å²) in [4.78, 5) is 19.7. The van der Waals surface area contributed by atoms with Crippen molar-refractivity contribution in [3.8, 4) is 5.75 Å². The van der Waals surface area contributed by atoms with E-state index in [9.17, 15) is 9.90 Å². The minimum absolute atomic E-state index is 0.331. The van der Waals surface area contributed by atoms with Crippen LogP contribution in [0.5, 0.6) is 5.75 Å². The van der Waals surface area contributed by atoms with Gasteiger partial charge in [-0.15, -0.1) is 0 Å². The summed E-state index contributed by atoms with van der Waals surface area (Å²) in [5.41, 5.74) is 0.902. The summed E-state index contributed by atoms with van der Waals surface area (Å²) in [6.45, 7) is 4.98. The highest BCUT2D eigenvalue weighted by Crippen LogP contribution is 2.35. The van der Waals surface area contributed by atoms with Crippen LogP contribution in [-0.2, 0) is 4.79 Å². The van der Waals surface area contributed by atoms with Crippen molar-refractivity contribution in [3.63, 3.8) is 0 Å². The Morgan fingerprint density at radius 2 is 1.69 bits per heavy atom. The number of hydrogen-bond acceptors (Lipinski definition) is 4. The number of fused-ring (bicyclic) bond motifs is 1. The monoisotopic (exact) mass is 357 g/mol. The lowest BCUT2D eigenvalue weighted by Gasteiger charge is -2.45. The zero-order valence-corrected chi connectivity index (χ0v) is 15.6. The summed E-state index contributed by atoms with van der Waals surface area (Å²) >= 11 is 0. The lowest BCUT2D eigenvalue weighted by atomic mass is 9.78. The third kappa shape index (κ3) is 3.68. The van der Waals surface area contributed by atoms with E-state index in [4.69, 9.17) is 0 Å². The van der Waals surface area contributed by atoms with Gasteiger partial charge in [-0.3, -0.25) is 9.69 Å². The molecule has 0 radical (unpaired) electrons. The molecular formula is C21H31N3O2. The van der Waals surface area contributed by atoms with E-state index in [0.29, 0.717) is 24.2 Å². The number of anilines is 1. The average Bonchev–Trinajstić information content (AvgIpc) is 2.68. The van der Waals surface area contributed by atoms with Crippen LogP contribution in [0.1, 0.15) is 38.5 Å². The molecule has 142 valence electrons. The molecule has 3 fully saturated rings. The number of phenolic OH excluding ortho intramolecular Hbond substituents is 1. The van der Waals surface area contributed by atoms with Crippen LogP contribution in [0.2, 0.25) is 0 Å². The molecule has 0 bridgehead atoms. The van der Waals surface area contributed by atoms with Gasteiger partial charge in [-0.1, -0.05) is 25.0 Å². The van der Waals surface area contributed by atoms with Crippen LogP contribution >= 0.6 is 0 Å². The number of aromatic hydroxyl groups is 1. The van der Waals surface area contributed by atoms with Crippen molar-refractivity contribution in [2.24, 2.45) is 5.92 Å². The number of amides is 1. The Labute approximate surface area is 156 Å². The number of piperazine rings is 1. The summed E-state index contributed by atoms with van der Waals surface area (Å²) in [6.07, 6.45) is 7.63. The van der Waals surface area contributed by atoms with Gasteiger partial charge < -0.3 is 14.9 Å². The van der Waals surface area contributed by atoms with Gasteiger partial charge in [0.2, 0.25) is 5.91 Å². The largest absolute Gasteiger partial charge is 0.506 e. The molecule has 2 aliphatic heterocycles. The molecule has 3 aliphatic rings. The van der Waals surface area contributed by atoms with E-state index < -0.39 is 0 Å². The first-order valence-electron chi connectivity index (χ1n) is 10.3. The molecule has 1 N–H and O–H groups in total. The molecule has 0 aromatic heterocycles. The van der Waals surface area contributed by atoms with Crippen LogP contribution in [0.15, 0.2) is 24.3 Å². The van der Waals surface area contributed by atoms with E-state index in [0.717, 1.165) is 44.3 Å². The maximum atomic E-state index is 13.0. The fourth-order valence-electron chi connectivity index (χ4n) is 5.09. The molecule has 4 rings (SSSR count). The van der Waals surface area contributed by atoms with Gasteiger partial charge in [-0.2, -0.15) is 0 Å². The lowest BCUT2D eigenvalue weighted by Crippen LogP contribution is -2.54. The Balaban J connectivity index is 1.31. The Morgan fingerprint density at radius 3 is 2.50 bits per heavy atom. The number of likely N-dealkylation sites (tertiary alicyclic amines) is 1. The van der Waals surface area contributed by atoms with Crippen molar-refractivity contribution in [1.29, 1.82) is 0 Å². The molecule has 5 heteroatoms. The van der Waals surface area contributed by atoms with Gasteiger partial charge in [0.1, 0.15) is 5.75 Å². The summed E-state index contributed by atoms with van der Waals surface area (Å²) < 4.78 is 0. The third-order valence-corrected chi connectivity index (χ3v) is 6.52. The molecule has 1 aromatic rings. The van der Waals surface area contributed by atoms with Crippen LogP contribution < -0.4 is 4.90 Å². The first kappa shape index (κ1) is 17.7. The van der Waals surface area contributed by atoms with Crippen molar-refractivity contribution in [2.45, 2.75) is 44.6 Å². The quantitative estimate of drug-likeness (QED) is 0.904. The molecule has 0 unspecified atom stereocenters. The lowest BCUT2D eigenvalue weighted by molar-refractivity contribution is -0.138. The fourth-order valence-corrected chi connectivity index (χ4v) is 5.09. The molecule has 2 atom stereocenters. The van der Waals surface area contributed by atoms with Gasteiger partial charge >= 0.3 is 0 Å². The van der Waals surface area contributed by atoms with E-state index in [1.54, 1.807) is 6.07 Å². The predicted molar refractivity (Wildman–Crippen MR) is 103 cm³/mol. The number of benzene rings is 1. The molecule has 1 amide bonds. The second-order valence-corrected chi connectivity index (χ2v) is 8.09. The van der Waals surface area contributed by atoms with E-state index in [-0.39, 0.29) is 0 Å². The second-order valence-electron chi connectivity index (χ2n) is 8.09. The van der Waals surface area contributed by atoms with Crippen LogP contribution in [0.4, 0.5) is 5.69 Å². The smallest absolute Gasteiger partial charge is 0.237 e. The van der Waals surface area contributed by atoms with Gasteiger partial charge in [-0.05, 0) is 43.7 Å². The molecule has 1 aliphatic carbocycles. The average molecular weight is 357 g/mol. The molecule has 2 heterocycles. The predicted octanol–water partition coefficient (Wildman–Crippen LogP) is 2.70. The maximum Gasteiger partial charge on any atom is 0.237 e. The van der Waals surface area contributed by atoms with Crippen LogP contribution in [0.3, 0.4) is 0 Å². The van der Waals surface area contributed by atoms with Crippen molar-refractivity contribution >= 4 is 11.6 Å². The number of rotatable bonds is 3. The number of nitrogens with zero attached hydrogens (tertiary/aromatic N) is 3. The topological polar surface area (TPSA) is 47.0 Å². The van der Waals surface area contributed by atoms with Gasteiger partial charge in [0, 0.05) is 38.8 Å². The molecule has 1 aromatic carbocycles. The number of para-hydroxylation sites is 2. The van der Waals surface area contributed by atoms with Crippen molar-refractivity contribution in [3.05, 3.63) is 24.3 Å². The molecule has 1 saturated carbocycles. The Hall–Kier alpha value is -1.75. The van der Waals surface area contributed by atoms with Gasteiger partial charge in [0.15, 0.2) is 0 Å². The van der Waals surface area contributed by atoms with E-state index in [1.165, 1.54) is 38.5 Å². The first-order valence-corrected chi connectivity index (χ1v) is 10.3. The zero-order chi connectivity index (χ0) is 17.9. The SMILES string of the molecule is O=C(CN1CCN(c2ccccc2O)CC1)N1CCC[C@@H]2CCCC[C@H]21. The zero-order valence-electron chi connectivity index (χ0n) is 15.6. The first-order chi connectivity index (χ1) is 12.7. The van der Waals surface area contributed by atoms with Crippen molar-refractivity contribution < 1.29 is 9.90 Å². The van der Waals surface area contributed by atoms with Crippen molar-refractivity contribution in [2.75, 3.05) is 44.2 Å². The number of carbonyl (C=O) groups is 1. The number of carbonyl (C=O) groups excluding carboxylic acids is 1. The molecule has 5 nitrogen and oxygen atoms in total. The maximum absolute atomic E-state index is 13.0. The highest BCUT2D eigenvalue weighted by atomic mass is 16.3. The molecular weight excluding hydrogens is 326 g/mol. The summed E-state index contributed by atoms with van der Waals surface area (Å²) in [6, 6.07) is 8.02. The van der Waals surface area contributed by atoms with E-state index >= 15 is 0 Å². The van der Waals surface area contributed by atoms with Gasteiger partial charge in [0.05, 0.1) is 12.2 Å². The number of piperidine rings is 1. The fraction of sp³-hybridized carbons (Fsp3) is 0.667. The minimum atomic E-state index is 0.331. The van der Waals surface area contributed by atoms with Crippen molar-refractivity contribution in [1.82, 2.24) is 9.80 Å². The summed E-state index contributed by atoms with van der Waals surface area (Å²) in [5.74, 6) is 1.42. The second kappa shape index (κ2) is 7.87. The van der Waals surface area contributed by atoms with Crippen LogP contribution in [0.25, 0.3) is 0 Å². The number of hydrogen-bond donors (Lipinski definition) is 1. The van der Waals surface area contributed by atoms with Gasteiger partial charge in [-0.25, -0.2) is 0 Å². The summed E-state index contributed by atoms with van der Waals surface area (Å²) in [7, 11) is 0. The van der Waals surface area contributed by atoms with E-state index in [1.807, 2.05) is 18.2 Å². The Kier molecular flexibility index (Phi) is 5.34. The number of phenols is 1. The molecule has 26 heavy (non-hydrogen) atoms. The highest BCUT2D eigenvalue weighted by Gasteiger charge is 2.36.